The highest BCUT2D eigenvalue weighted by Crippen LogP contribution is 2.12. The molecule has 0 bridgehead atoms. The van der Waals surface area contributed by atoms with Gasteiger partial charge in [-0.2, -0.15) is 0 Å². The van der Waals surface area contributed by atoms with Crippen LogP contribution in [0.25, 0.3) is 6.08 Å². The molecular weight excluding hydrogens is 169 g/mol. The van der Waals surface area contributed by atoms with Crippen molar-refractivity contribution in [1.82, 2.24) is 0 Å². The number of hydrogen-bond acceptors (Lipinski definition) is 2. The molecule has 13 heavy (non-hydrogen) atoms. The second-order valence-electron chi connectivity index (χ2n) is 2.59. The second-order valence-corrected chi connectivity index (χ2v) is 2.59. The van der Waals surface area contributed by atoms with E-state index < -0.39 is 5.82 Å². The molecule has 0 aromatic heterocycles. The number of anilines is 1. The molecule has 0 unspecified atom stereocenters. The third kappa shape index (κ3) is 2.71. The summed E-state index contributed by atoms with van der Waals surface area (Å²) in [6.07, 6.45) is 4.46. The lowest BCUT2D eigenvalue weighted by molar-refractivity contribution is -0.107. The minimum absolute atomic E-state index is 0.132. The van der Waals surface area contributed by atoms with E-state index in [1.807, 2.05) is 0 Å². The second kappa shape index (κ2) is 4.40. The Bertz CT molecular complexity index is 334. The van der Waals surface area contributed by atoms with Gasteiger partial charge in [0.25, 0.3) is 0 Å². The van der Waals surface area contributed by atoms with Crippen molar-refractivity contribution in [2.24, 2.45) is 0 Å². The molecule has 0 radical (unpaired) electrons. The quantitative estimate of drug-likeness (QED) is 0.569. The first-order chi connectivity index (χ1) is 6.24. The van der Waals surface area contributed by atoms with Crippen LogP contribution in [-0.4, -0.2) is 6.29 Å². The zero-order valence-corrected chi connectivity index (χ0v) is 7.03. The average molecular weight is 179 g/mol. The Kier molecular flexibility index (Phi) is 3.20. The number of carbonyl (C=O) groups excluding carboxylic acids is 1. The fourth-order valence-electron chi connectivity index (χ4n) is 0.907. The van der Waals surface area contributed by atoms with E-state index in [2.05, 4.69) is 0 Å². The van der Waals surface area contributed by atoms with Crippen molar-refractivity contribution >= 4 is 18.0 Å². The van der Waals surface area contributed by atoms with Gasteiger partial charge >= 0.3 is 0 Å². The summed E-state index contributed by atoms with van der Waals surface area (Å²) in [6, 6.07) is 4.52. The monoisotopic (exact) mass is 179 g/mol. The van der Waals surface area contributed by atoms with Crippen LogP contribution in [0, 0.1) is 5.82 Å². The zero-order chi connectivity index (χ0) is 9.68. The van der Waals surface area contributed by atoms with Gasteiger partial charge in [-0.3, -0.25) is 0 Å². The molecule has 1 aromatic rings. The number of allylic oxidation sites excluding steroid dienone is 1. The average Bonchev–Trinajstić information content (AvgIpc) is 2.12. The number of rotatable bonds is 3. The number of carbonyl (C=O) groups is 1. The maximum atomic E-state index is 12.9. The lowest BCUT2D eigenvalue weighted by atomic mass is 10.2. The van der Waals surface area contributed by atoms with Gasteiger partial charge in [0.05, 0.1) is 5.69 Å². The molecule has 2 nitrogen and oxygen atoms in total. The molecule has 0 aliphatic carbocycles. The van der Waals surface area contributed by atoms with Crippen LogP contribution in [0.1, 0.15) is 12.0 Å². The summed E-state index contributed by atoms with van der Waals surface area (Å²) < 4.78 is 12.9. The van der Waals surface area contributed by atoms with E-state index in [0.717, 1.165) is 6.29 Å². The molecule has 2 N–H and O–H groups in total. The molecule has 3 heteroatoms. The fraction of sp³-hybridized carbons (Fsp3) is 0.100. The summed E-state index contributed by atoms with van der Waals surface area (Å²) in [5.74, 6) is -0.437. The van der Waals surface area contributed by atoms with Crippen molar-refractivity contribution in [2.45, 2.75) is 6.42 Å². The van der Waals surface area contributed by atoms with Crippen LogP contribution < -0.4 is 5.73 Å². The number of nitrogens with two attached hydrogens (primary N) is 1. The largest absolute Gasteiger partial charge is 0.396 e. The van der Waals surface area contributed by atoms with Gasteiger partial charge in [-0.25, -0.2) is 4.39 Å². The van der Waals surface area contributed by atoms with Crippen molar-refractivity contribution in [1.29, 1.82) is 0 Å². The Morgan fingerprint density at radius 2 is 2.23 bits per heavy atom. The molecule has 0 atom stereocenters. The number of aldehydes is 1. The van der Waals surface area contributed by atoms with Gasteiger partial charge in [-0.05, 0) is 17.7 Å². The summed E-state index contributed by atoms with van der Waals surface area (Å²) in [7, 11) is 0. The highest BCUT2D eigenvalue weighted by Gasteiger charge is 1.96. The van der Waals surface area contributed by atoms with E-state index in [9.17, 15) is 9.18 Å². The summed E-state index contributed by atoms with van der Waals surface area (Å²) in [6.45, 7) is 0. The van der Waals surface area contributed by atoms with E-state index >= 15 is 0 Å². The predicted octanol–water partition coefficient (Wildman–Crippen LogP) is 2.01. The van der Waals surface area contributed by atoms with Gasteiger partial charge in [-0.15, -0.1) is 0 Å². The minimum Gasteiger partial charge on any atom is -0.396 e. The van der Waals surface area contributed by atoms with Crippen LogP contribution in [-0.2, 0) is 4.79 Å². The summed E-state index contributed by atoms with van der Waals surface area (Å²) in [4.78, 5) is 9.97. The van der Waals surface area contributed by atoms with Gasteiger partial charge in [0.2, 0.25) is 0 Å². The van der Waals surface area contributed by atoms with E-state index in [4.69, 9.17) is 5.73 Å². The Morgan fingerprint density at radius 3 is 2.85 bits per heavy atom. The van der Waals surface area contributed by atoms with Crippen LogP contribution in [0.4, 0.5) is 10.1 Å². The third-order valence-electron chi connectivity index (χ3n) is 1.57. The first kappa shape index (κ1) is 9.45. The molecular formula is C10H10FNO. The molecule has 0 saturated heterocycles. The Morgan fingerprint density at radius 1 is 1.46 bits per heavy atom. The topological polar surface area (TPSA) is 43.1 Å². The smallest absolute Gasteiger partial charge is 0.146 e. The number of nitrogen functional groups attached to an aromatic ring is 1. The molecule has 0 saturated carbocycles. The Balaban J connectivity index is 2.79. The van der Waals surface area contributed by atoms with Crippen LogP contribution in [0.2, 0.25) is 0 Å². The van der Waals surface area contributed by atoms with Crippen LogP contribution >= 0.6 is 0 Å². The maximum Gasteiger partial charge on any atom is 0.146 e. The number of benzene rings is 1. The van der Waals surface area contributed by atoms with E-state index in [-0.39, 0.29) is 5.69 Å². The van der Waals surface area contributed by atoms with Gasteiger partial charge in [0.15, 0.2) is 0 Å². The van der Waals surface area contributed by atoms with E-state index in [0.29, 0.717) is 12.0 Å². The van der Waals surface area contributed by atoms with Crippen molar-refractivity contribution in [3.8, 4) is 0 Å². The van der Waals surface area contributed by atoms with Crippen LogP contribution in [0.3, 0.4) is 0 Å². The van der Waals surface area contributed by atoms with Gasteiger partial charge < -0.3 is 10.5 Å². The predicted molar refractivity (Wildman–Crippen MR) is 50.5 cm³/mol. The van der Waals surface area contributed by atoms with E-state index in [1.54, 1.807) is 18.2 Å². The zero-order valence-electron chi connectivity index (χ0n) is 7.03. The molecule has 0 fully saturated rings. The number of hydrogen-bond donors (Lipinski definition) is 1. The molecule has 0 amide bonds. The Labute approximate surface area is 75.9 Å². The summed E-state index contributed by atoms with van der Waals surface area (Å²) >= 11 is 0. The minimum atomic E-state index is -0.437. The number of halogens is 1. The molecule has 0 heterocycles. The van der Waals surface area contributed by atoms with Gasteiger partial charge in [-0.1, -0.05) is 18.2 Å². The molecule has 1 aromatic carbocycles. The molecule has 0 aliphatic heterocycles. The van der Waals surface area contributed by atoms with Crippen molar-refractivity contribution in [3.63, 3.8) is 0 Å². The molecule has 0 spiro atoms. The molecule has 0 aliphatic rings. The maximum absolute atomic E-state index is 12.9. The first-order valence-electron chi connectivity index (χ1n) is 3.89. The van der Waals surface area contributed by atoms with Crippen LogP contribution in [0.5, 0.6) is 0 Å². The van der Waals surface area contributed by atoms with Crippen molar-refractivity contribution in [3.05, 3.63) is 35.7 Å². The summed E-state index contributed by atoms with van der Waals surface area (Å²) in [5, 5.41) is 0. The van der Waals surface area contributed by atoms with Gasteiger partial charge in [0, 0.05) is 6.42 Å². The lowest BCUT2D eigenvalue weighted by Gasteiger charge is -1.96. The normalized spacial score (nSPS) is 10.5. The Hall–Kier alpha value is -1.64. The van der Waals surface area contributed by atoms with Crippen molar-refractivity contribution < 1.29 is 9.18 Å². The van der Waals surface area contributed by atoms with Crippen LogP contribution in [0.15, 0.2) is 24.3 Å². The van der Waals surface area contributed by atoms with Crippen molar-refractivity contribution in [2.75, 3.05) is 5.73 Å². The standard InChI is InChI=1S/C10H10FNO/c11-9-7-8(3-1-2-6-13)4-5-10(9)12/h1,3-7H,2,12H2. The lowest BCUT2D eigenvalue weighted by Crippen LogP contribution is -1.89. The molecule has 68 valence electrons. The third-order valence-corrected chi connectivity index (χ3v) is 1.57. The highest BCUT2D eigenvalue weighted by atomic mass is 19.1. The fourth-order valence-corrected chi connectivity index (χ4v) is 0.907. The highest BCUT2D eigenvalue weighted by molar-refractivity contribution is 5.59. The summed E-state index contributed by atoms with van der Waals surface area (Å²) in [5.41, 5.74) is 6.12. The van der Waals surface area contributed by atoms with Gasteiger partial charge in [0.1, 0.15) is 12.1 Å². The van der Waals surface area contributed by atoms with E-state index in [1.165, 1.54) is 12.1 Å². The SMILES string of the molecule is Nc1ccc(C=CCC=O)cc1F. The molecule has 1 rings (SSSR count). The first-order valence-corrected chi connectivity index (χ1v) is 3.89.